The van der Waals surface area contributed by atoms with E-state index in [0.717, 1.165) is 0 Å². The van der Waals surface area contributed by atoms with E-state index in [1.54, 1.807) is 0 Å². The lowest BCUT2D eigenvalue weighted by molar-refractivity contribution is 0.0697. The second-order valence-corrected chi connectivity index (χ2v) is 7.73. The molecular formula is C15H11Cl2NO4S. The van der Waals surface area contributed by atoms with Crippen molar-refractivity contribution < 1.29 is 18.3 Å². The topological polar surface area (TPSA) is 74.7 Å². The molecule has 23 heavy (non-hydrogen) atoms. The summed E-state index contributed by atoms with van der Waals surface area (Å²) in [5.41, 5.74) is 1.31. The number of halogens is 2. The Morgan fingerprint density at radius 3 is 2.48 bits per heavy atom. The predicted molar refractivity (Wildman–Crippen MR) is 88.1 cm³/mol. The van der Waals surface area contributed by atoms with Crippen molar-refractivity contribution in [3.05, 3.63) is 57.6 Å². The Balaban J connectivity index is 2.04. The predicted octanol–water partition coefficient (Wildman–Crippen LogP) is 3.44. The standard InChI is InChI=1S/C15H11Cl2NO4S/c16-12-3-2-11(8-13(12)17)23(21,22)18-6-5-9-7-10(15(19)20)1-4-14(9)18/h1-4,7-8H,5-6H2,(H,19,20). The van der Waals surface area contributed by atoms with Crippen LogP contribution in [0, 0.1) is 0 Å². The molecule has 1 aliphatic heterocycles. The van der Waals surface area contributed by atoms with Crippen molar-refractivity contribution in [3.8, 4) is 0 Å². The van der Waals surface area contributed by atoms with Gasteiger partial charge in [-0.25, -0.2) is 13.2 Å². The third-order valence-electron chi connectivity index (χ3n) is 3.66. The number of fused-ring (bicyclic) bond motifs is 1. The van der Waals surface area contributed by atoms with Gasteiger partial charge in [-0.05, 0) is 48.4 Å². The quantitative estimate of drug-likeness (QED) is 0.896. The number of hydrogen-bond donors (Lipinski definition) is 1. The highest BCUT2D eigenvalue weighted by Gasteiger charge is 2.31. The molecule has 0 saturated heterocycles. The van der Waals surface area contributed by atoms with Gasteiger partial charge in [0.2, 0.25) is 0 Å². The molecule has 0 radical (unpaired) electrons. The third kappa shape index (κ3) is 2.78. The minimum Gasteiger partial charge on any atom is -0.478 e. The van der Waals surface area contributed by atoms with Crippen LogP contribution in [0.5, 0.6) is 0 Å². The Bertz CT molecular complexity index is 912. The molecule has 0 unspecified atom stereocenters. The van der Waals surface area contributed by atoms with E-state index in [2.05, 4.69) is 0 Å². The Labute approximate surface area is 143 Å². The van der Waals surface area contributed by atoms with Crippen molar-refractivity contribution in [2.45, 2.75) is 11.3 Å². The molecule has 0 spiro atoms. The van der Waals surface area contributed by atoms with Gasteiger partial charge in [-0.2, -0.15) is 0 Å². The summed E-state index contributed by atoms with van der Waals surface area (Å²) in [5.74, 6) is -1.04. The van der Waals surface area contributed by atoms with Crippen LogP contribution in [0.1, 0.15) is 15.9 Å². The summed E-state index contributed by atoms with van der Waals surface area (Å²) in [4.78, 5) is 11.1. The zero-order chi connectivity index (χ0) is 16.8. The van der Waals surface area contributed by atoms with E-state index in [4.69, 9.17) is 28.3 Å². The fourth-order valence-electron chi connectivity index (χ4n) is 2.52. The van der Waals surface area contributed by atoms with E-state index in [0.29, 0.717) is 17.7 Å². The number of sulfonamides is 1. The van der Waals surface area contributed by atoms with Crippen LogP contribution in [0.2, 0.25) is 10.0 Å². The monoisotopic (exact) mass is 371 g/mol. The molecule has 2 aromatic carbocycles. The van der Waals surface area contributed by atoms with E-state index in [-0.39, 0.29) is 27.0 Å². The summed E-state index contributed by atoms with van der Waals surface area (Å²) in [5, 5.41) is 9.45. The van der Waals surface area contributed by atoms with Crippen LogP contribution in [-0.2, 0) is 16.4 Å². The molecule has 0 amide bonds. The first kappa shape index (κ1) is 16.1. The molecular weight excluding hydrogens is 361 g/mol. The first-order chi connectivity index (χ1) is 10.8. The van der Waals surface area contributed by atoms with Crippen molar-refractivity contribution in [1.82, 2.24) is 0 Å². The number of carboxylic acid groups (broad SMARTS) is 1. The van der Waals surface area contributed by atoms with Crippen molar-refractivity contribution in [2.24, 2.45) is 0 Å². The van der Waals surface area contributed by atoms with Gasteiger partial charge in [0.25, 0.3) is 10.0 Å². The third-order valence-corrected chi connectivity index (χ3v) is 6.21. The lowest BCUT2D eigenvalue weighted by Crippen LogP contribution is -2.29. The molecule has 0 atom stereocenters. The molecule has 0 bridgehead atoms. The van der Waals surface area contributed by atoms with Gasteiger partial charge in [0, 0.05) is 6.54 Å². The molecule has 2 aromatic rings. The smallest absolute Gasteiger partial charge is 0.335 e. The van der Waals surface area contributed by atoms with Crippen LogP contribution < -0.4 is 4.31 Å². The van der Waals surface area contributed by atoms with Crippen LogP contribution in [0.4, 0.5) is 5.69 Å². The summed E-state index contributed by atoms with van der Waals surface area (Å²) in [6.45, 7) is 0.251. The Hall–Kier alpha value is -1.76. The Kier molecular flexibility index (Phi) is 4.00. The van der Waals surface area contributed by atoms with E-state index in [1.165, 1.54) is 40.7 Å². The second kappa shape index (κ2) is 5.70. The summed E-state index contributed by atoms with van der Waals surface area (Å²) in [6, 6.07) is 8.55. The number of hydrogen-bond acceptors (Lipinski definition) is 3. The first-order valence-electron chi connectivity index (χ1n) is 6.65. The van der Waals surface area contributed by atoms with E-state index in [9.17, 15) is 13.2 Å². The van der Waals surface area contributed by atoms with Gasteiger partial charge in [0.05, 0.1) is 26.2 Å². The minimum absolute atomic E-state index is 0.0436. The molecule has 1 aliphatic rings. The van der Waals surface area contributed by atoms with Crippen LogP contribution >= 0.6 is 23.2 Å². The van der Waals surface area contributed by atoms with Crippen molar-refractivity contribution in [2.75, 3.05) is 10.8 Å². The van der Waals surface area contributed by atoms with E-state index >= 15 is 0 Å². The fourth-order valence-corrected chi connectivity index (χ4v) is 4.41. The zero-order valence-corrected chi connectivity index (χ0v) is 14.0. The van der Waals surface area contributed by atoms with Crippen molar-refractivity contribution >= 4 is 44.9 Å². The fraction of sp³-hybridized carbons (Fsp3) is 0.133. The van der Waals surface area contributed by atoms with Gasteiger partial charge in [0.1, 0.15) is 0 Å². The maximum atomic E-state index is 12.8. The summed E-state index contributed by atoms with van der Waals surface area (Å²) in [6.07, 6.45) is 0.455. The number of nitrogens with zero attached hydrogens (tertiary/aromatic N) is 1. The molecule has 0 saturated carbocycles. The van der Waals surface area contributed by atoms with E-state index < -0.39 is 16.0 Å². The highest BCUT2D eigenvalue weighted by molar-refractivity contribution is 7.92. The highest BCUT2D eigenvalue weighted by atomic mass is 35.5. The lowest BCUT2D eigenvalue weighted by Gasteiger charge is -2.20. The van der Waals surface area contributed by atoms with Gasteiger partial charge in [0.15, 0.2) is 0 Å². The maximum Gasteiger partial charge on any atom is 0.335 e. The molecule has 1 heterocycles. The van der Waals surface area contributed by atoms with Gasteiger partial charge in [-0.1, -0.05) is 23.2 Å². The first-order valence-corrected chi connectivity index (χ1v) is 8.84. The van der Waals surface area contributed by atoms with Gasteiger partial charge < -0.3 is 5.11 Å². The van der Waals surface area contributed by atoms with Gasteiger partial charge in [-0.3, -0.25) is 4.31 Å². The zero-order valence-electron chi connectivity index (χ0n) is 11.7. The molecule has 0 fully saturated rings. The van der Waals surface area contributed by atoms with Gasteiger partial charge >= 0.3 is 5.97 Å². The largest absolute Gasteiger partial charge is 0.478 e. The summed E-state index contributed by atoms with van der Waals surface area (Å²) in [7, 11) is -3.78. The number of carbonyl (C=O) groups is 1. The van der Waals surface area contributed by atoms with Crippen LogP contribution in [-0.4, -0.2) is 26.0 Å². The second-order valence-electron chi connectivity index (χ2n) is 5.05. The number of anilines is 1. The lowest BCUT2D eigenvalue weighted by atomic mass is 10.1. The number of carboxylic acids is 1. The molecule has 8 heteroatoms. The average Bonchev–Trinajstić information content (AvgIpc) is 2.93. The Morgan fingerprint density at radius 2 is 1.83 bits per heavy atom. The van der Waals surface area contributed by atoms with Gasteiger partial charge in [-0.15, -0.1) is 0 Å². The van der Waals surface area contributed by atoms with Crippen LogP contribution in [0.3, 0.4) is 0 Å². The number of rotatable bonds is 3. The molecule has 3 rings (SSSR count). The van der Waals surface area contributed by atoms with Crippen molar-refractivity contribution in [3.63, 3.8) is 0 Å². The van der Waals surface area contributed by atoms with E-state index in [1.807, 2.05) is 0 Å². The normalized spacial score (nSPS) is 13.9. The highest BCUT2D eigenvalue weighted by Crippen LogP contribution is 2.35. The number of aromatic carboxylic acids is 1. The average molecular weight is 372 g/mol. The number of benzene rings is 2. The molecule has 120 valence electrons. The summed E-state index contributed by atoms with van der Waals surface area (Å²) < 4.78 is 26.8. The molecule has 1 N–H and O–H groups in total. The summed E-state index contributed by atoms with van der Waals surface area (Å²) >= 11 is 11.7. The maximum absolute atomic E-state index is 12.8. The van der Waals surface area contributed by atoms with Crippen LogP contribution in [0.25, 0.3) is 0 Å². The Morgan fingerprint density at radius 1 is 1.09 bits per heavy atom. The SMILES string of the molecule is O=C(O)c1ccc2c(c1)CCN2S(=O)(=O)c1ccc(Cl)c(Cl)c1. The molecule has 0 aliphatic carbocycles. The van der Waals surface area contributed by atoms with Crippen LogP contribution in [0.15, 0.2) is 41.3 Å². The molecule has 0 aromatic heterocycles. The van der Waals surface area contributed by atoms with Crippen molar-refractivity contribution in [1.29, 1.82) is 0 Å². The molecule has 5 nitrogen and oxygen atoms in total. The minimum atomic E-state index is -3.78.